The molecular formula is C16H22ClN3O. The summed E-state index contributed by atoms with van der Waals surface area (Å²) in [6, 6.07) is 5.75. The molecule has 5 heteroatoms. The smallest absolute Gasteiger partial charge is 0.138 e. The van der Waals surface area contributed by atoms with Gasteiger partial charge in [-0.2, -0.15) is 5.10 Å². The third-order valence-corrected chi connectivity index (χ3v) is 3.49. The molecule has 1 heterocycles. The fourth-order valence-electron chi connectivity index (χ4n) is 2.26. The summed E-state index contributed by atoms with van der Waals surface area (Å²) >= 11 is 6.19. The molecule has 0 bridgehead atoms. The van der Waals surface area contributed by atoms with Gasteiger partial charge in [-0.1, -0.05) is 25.4 Å². The fourth-order valence-corrected chi connectivity index (χ4v) is 2.49. The number of aromatic nitrogens is 2. The molecule has 0 radical (unpaired) electrons. The van der Waals surface area contributed by atoms with Gasteiger partial charge in [0.15, 0.2) is 0 Å². The van der Waals surface area contributed by atoms with E-state index in [0.717, 1.165) is 17.9 Å². The molecule has 0 unspecified atom stereocenters. The van der Waals surface area contributed by atoms with Gasteiger partial charge in [0.1, 0.15) is 5.75 Å². The van der Waals surface area contributed by atoms with Gasteiger partial charge in [-0.25, -0.2) is 0 Å². The van der Waals surface area contributed by atoms with Crippen LogP contribution in [0.15, 0.2) is 24.4 Å². The molecular weight excluding hydrogens is 286 g/mol. The molecule has 1 aromatic heterocycles. The maximum Gasteiger partial charge on any atom is 0.138 e. The number of anilines is 1. The molecule has 114 valence electrons. The minimum Gasteiger partial charge on any atom is -0.492 e. The van der Waals surface area contributed by atoms with Crippen LogP contribution < -0.4 is 10.1 Å². The van der Waals surface area contributed by atoms with Crippen LogP contribution in [-0.2, 0) is 13.6 Å². The molecule has 0 amide bonds. The summed E-state index contributed by atoms with van der Waals surface area (Å²) in [6.45, 7) is 7.59. The van der Waals surface area contributed by atoms with Crippen LogP contribution >= 0.6 is 11.6 Å². The van der Waals surface area contributed by atoms with E-state index >= 15 is 0 Å². The number of ether oxygens (including phenoxy) is 1. The minimum atomic E-state index is 0.409. The van der Waals surface area contributed by atoms with Crippen LogP contribution in [0.5, 0.6) is 5.75 Å². The summed E-state index contributed by atoms with van der Waals surface area (Å²) in [5.74, 6) is 1.13. The minimum absolute atomic E-state index is 0.409. The number of aryl methyl sites for hydroxylation is 1. The van der Waals surface area contributed by atoms with Crippen molar-refractivity contribution in [3.8, 4) is 5.75 Å². The largest absolute Gasteiger partial charge is 0.492 e. The Morgan fingerprint density at radius 3 is 2.76 bits per heavy atom. The van der Waals surface area contributed by atoms with Crippen molar-refractivity contribution < 1.29 is 4.74 Å². The lowest BCUT2D eigenvalue weighted by Gasteiger charge is -2.10. The first-order valence-corrected chi connectivity index (χ1v) is 7.57. The van der Waals surface area contributed by atoms with E-state index in [1.54, 1.807) is 0 Å². The Bertz CT molecular complexity index is 608. The number of benzene rings is 1. The van der Waals surface area contributed by atoms with Gasteiger partial charge < -0.3 is 10.1 Å². The molecule has 0 aliphatic rings. The average Bonchev–Trinajstić information content (AvgIpc) is 2.81. The van der Waals surface area contributed by atoms with Crippen molar-refractivity contribution >= 4 is 17.3 Å². The summed E-state index contributed by atoms with van der Waals surface area (Å²) in [7, 11) is 1.95. The van der Waals surface area contributed by atoms with Crippen LogP contribution in [-0.4, -0.2) is 16.4 Å². The molecule has 0 saturated heterocycles. The van der Waals surface area contributed by atoms with Gasteiger partial charge in [0.05, 0.1) is 17.3 Å². The van der Waals surface area contributed by atoms with Crippen molar-refractivity contribution in [1.82, 2.24) is 9.78 Å². The topological polar surface area (TPSA) is 39.1 Å². The van der Waals surface area contributed by atoms with Crippen LogP contribution in [0.4, 0.5) is 5.69 Å². The fraction of sp³-hybridized carbons (Fsp3) is 0.438. The molecule has 21 heavy (non-hydrogen) atoms. The lowest BCUT2D eigenvalue weighted by molar-refractivity contribution is 0.340. The molecule has 0 fully saturated rings. The molecule has 0 saturated carbocycles. The molecule has 0 aliphatic heterocycles. The Morgan fingerprint density at radius 1 is 1.38 bits per heavy atom. The molecule has 0 spiro atoms. The van der Waals surface area contributed by atoms with Gasteiger partial charge in [0.25, 0.3) is 0 Å². The van der Waals surface area contributed by atoms with E-state index in [1.165, 1.54) is 5.56 Å². The maximum absolute atomic E-state index is 6.19. The van der Waals surface area contributed by atoms with Crippen molar-refractivity contribution in [2.24, 2.45) is 7.05 Å². The van der Waals surface area contributed by atoms with Crippen molar-refractivity contribution in [3.63, 3.8) is 0 Å². The second-order valence-electron chi connectivity index (χ2n) is 5.30. The first-order valence-electron chi connectivity index (χ1n) is 7.20. The van der Waals surface area contributed by atoms with E-state index in [9.17, 15) is 0 Å². The van der Waals surface area contributed by atoms with Crippen molar-refractivity contribution in [2.45, 2.75) is 33.2 Å². The third kappa shape index (κ3) is 3.91. The molecule has 2 aromatic rings. The molecule has 4 nitrogen and oxygen atoms in total. The summed E-state index contributed by atoms with van der Waals surface area (Å²) < 4.78 is 7.29. The predicted octanol–water partition coefficient (Wildman–Crippen LogP) is 4.21. The zero-order chi connectivity index (χ0) is 15.4. The van der Waals surface area contributed by atoms with Crippen molar-refractivity contribution in [3.05, 3.63) is 40.7 Å². The Kier molecular flexibility index (Phi) is 5.12. The summed E-state index contributed by atoms with van der Waals surface area (Å²) in [5.41, 5.74) is 3.31. The normalized spacial score (nSPS) is 11.0. The monoisotopic (exact) mass is 307 g/mol. The number of nitrogens with one attached hydrogen (secondary N) is 1. The summed E-state index contributed by atoms with van der Waals surface area (Å²) in [5, 5.41) is 8.52. The highest BCUT2D eigenvalue weighted by Crippen LogP contribution is 2.28. The first-order chi connectivity index (χ1) is 10.0. The summed E-state index contributed by atoms with van der Waals surface area (Å²) in [4.78, 5) is 0. The zero-order valence-electron chi connectivity index (χ0n) is 13.0. The summed E-state index contributed by atoms with van der Waals surface area (Å²) in [6.07, 6.45) is 2.05. The zero-order valence-corrected chi connectivity index (χ0v) is 13.7. The molecule has 2 rings (SSSR count). The lowest BCUT2D eigenvalue weighted by atomic mass is 10.1. The highest BCUT2D eigenvalue weighted by molar-refractivity contribution is 6.32. The quantitative estimate of drug-likeness (QED) is 0.869. The molecule has 0 aliphatic carbocycles. The number of nitrogens with zero attached hydrogens (tertiary/aromatic N) is 2. The SMILES string of the molecule is CCOc1ccc(NCc2cn(C)nc2C(C)C)cc1Cl. The Morgan fingerprint density at radius 2 is 2.14 bits per heavy atom. The highest BCUT2D eigenvalue weighted by atomic mass is 35.5. The van der Waals surface area contributed by atoms with E-state index in [1.807, 2.05) is 36.9 Å². The van der Waals surface area contributed by atoms with Crippen molar-refractivity contribution in [1.29, 1.82) is 0 Å². The first kappa shape index (κ1) is 15.7. The van der Waals surface area contributed by atoms with Crippen molar-refractivity contribution in [2.75, 3.05) is 11.9 Å². The Hall–Kier alpha value is -1.68. The van der Waals surface area contributed by atoms with Gasteiger partial charge in [-0.05, 0) is 31.0 Å². The number of hydrogen-bond acceptors (Lipinski definition) is 3. The van der Waals surface area contributed by atoms with Crippen LogP contribution in [0.1, 0.15) is 37.9 Å². The van der Waals surface area contributed by atoms with Gasteiger partial charge in [0, 0.05) is 31.0 Å². The molecule has 0 atom stereocenters. The molecule has 1 aromatic carbocycles. The van der Waals surface area contributed by atoms with Crippen LogP contribution in [0, 0.1) is 0 Å². The predicted molar refractivity (Wildman–Crippen MR) is 87.2 cm³/mol. The van der Waals surface area contributed by atoms with Gasteiger partial charge in [-0.3, -0.25) is 4.68 Å². The Balaban J connectivity index is 2.08. The van der Waals surface area contributed by atoms with E-state index in [-0.39, 0.29) is 0 Å². The molecule has 1 N–H and O–H groups in total. The van der Waals surface area contributed by atoms with Gasteiger partial charge in [0.2, 0.25) is 0 Å². The number of hydrogen-bond donors (Lipinski definition) is 1. The van der Waals surface area contributed by atoms with E-state index < -0.39 is 0 Å². The van der Waals surface area contributed by atoms with E-state index in [4.69, 9.17) is 16.3 Å². The number of rotatable bonds is 6. The van der Waals surface area contributed by atoms with E-state index in [2.05, 4.69) is 30.5 Å². The maximum atomic E-state index is 6.19. The number of halogens is 1. The lowest BCUT2D eigenvalue weighted by Crippen LogP contribution is -2.03. The van der Waals surface area contributed by atoms with Gasteiger partial charge in [-0.15, -0.1) is 0 Å². The average molecular weight is 308 g/mol. The van der Waals surface area contributed by atoms with Crippen LogP contribution in [0.3, 0.4) is 0 Å². The second kappa shape index (κ2) is 6.85. The van der Waals surface area contributed by atoms with Crippen LogP contribution in [0.2, 0.25) is 5.02 Å². The third-order valence-electron chi connectivity index (χ3n) is 3.20. The van der Waals surface area contributed by atoms with Gasteiger partial charge >= 0.3 is 0 Å². The second-order valence-corrected chi connectivity index (χ2v) is 5.71. The van der Waals surface area contributed by atoms with Crippen LogP contribution in [0.25, 0.3) is 0 Å². The standard InChI is InChI=1S/C16H22ClN3O/c1-5-21-15-7-6-13(8-14(15)17)18-9-12-10-20(4)19-16(12)11(2)3/h6-8,10-11,18H,5,9H2,1-4H3. The highest BCUT2D eigenvalue weighted by Gasteiger charge is 2.11. The Labute approximate surface area is 131 Å². The van der Waals surface area contributed by atoms with E-state index in [0.29, 0.717) is 23.3 Å².